The summed E-state index contributed by atoms with van der Waals surface area (Å²) in [5, 5.41) is 6.20. The minimum absolute atomic E-state index is 0.0479. The van der Waals surface area contributed by atoms with E-state index in [1.165, 1.54) is 18.1 Å². The smallest absolute Gasteiger partial charge is 0.414 e. The molecule has 1 aromatic carbocycles. The fraction of sp³-hybridized carbons (Fsp3) is 0.526. The quantitative estimate of drug-likeness (QED) is 0.622. The van der Waals surface area contributed by atoms with Gasteiger partial charge in [-0.2, -0.15) is 0 Å². The SMILES string of the molecule is CNC(=S)NCC1CN(c2ccc(N3CCN(C(=O)COC)CC3)c(F)c2)C(=O)O1. The molecule has 2 amide bonds. The van der Waals surface area contributed by atoms with Gasteiger partial charge in [0, 0.05) is 40.3 Å². The Labute approximate surface area is 180 Å². The van der Waals surface area contributed by atoms with Gasteiger partial charge in [-0.05, 0) is 30.4 Å². The molecule has 0 bridgehead atoms. The number of halogens is 1. The highest BCUT2D eigenvalue weighted by molar-refractivity contribution is 7.80. The van der Waals surface area contributed by atoms with E-state index in [0.717, 1.165) is 0 Å². The van der Waals surface area contributed by atoms with Crippen LogP contribution in [0, 0.1) is 5.82 Å². The largest absolute Gasteiger partial charge is 0.442 e. The number of thiocarbonyl (C=S) groups is 1. The summed E-state index contributed by atoms with van der Waals surface area (Å²) in [6.07, 6.45) is -0.904. The molecule has 2 aliphatic rings. The number of carbonyl (C=O) groups is 2. The Morgan fingerprint density at radius 3 is 2.70 bits per heavy atom. The molecular formula is C19H26FN5O4S. The maximum absolute atomic E-state index is 14.8. The molecule has 2 heterocycles. The molecule has 2 N–H and O–H groups in total. The molecule has 0 spiro atoms. The van der Waals surface area contributed by atoms with E-state index in [1.54, 1.807) is 24.1 Å². The van der Waals surface area contributed by atoms with E-state index >= 15 is 0 Å². The van der Waals surface area contributed by atoms with Gasteiger partial charge >= 0.3 is 6.09 Å². The first-order valence-corrected chi connectivity index (χ1v) is 10.1. The number of ether oxygens (including phenoxy) is 2. The fourth-order valence-corrected chi connectivity index (χ4v) is 3.55. The Bertz CT molecular complexity index is 803. The zero-order valence-electron chi connectivity index (χ0n) is 17.0. The maximum Gasteiger partial charge on any atom is 0.414 e. The summed E-state index contributed by atoms with van der Waals surface area (Å²) in [4.78, 5) is 29.1. The molecule has 0 saturated carbocycles. The normalized spacial score (nSPS) is 19.0. The first kappa shape index (κ1) is 22.0. The van der Waals surface area contributed by atoms with Crippen molar-refractivity contribution in [2.24, 2.45) is 0 Å². The van der Waals surface area contributed by atoms with Crippen LogP contribution in [0.3, 0.4) is 0 Å². The average Bonchev–Trinajstić information content (AvgIpc) is 3.12. The minimum atomic E-state index is -0.519. The van der Waals surface area contributed by atoms with Crippen molar-refractivity contribution in [2.75, 3.05) is 69.8 Å². The number of anilines is 2. The van der Waals surface area contributed by atoms with E-state index < -0.39 is 11.9 Å². The molecule has 1 atom stereocenters. The van der Waals surface area contributed by atoms with Crippen molar-refractivity contribution in [1.82, 2.24) is 15.5 Å². The predicted molar refractivity (Wildman–Crippen MR) is 114 cm³/mol. The number of hydrogen-bond acceptors (Lipinski definition) is 6. The Morgan fingerprint density at radius 1 is 1.33 bits per heavy atom. The van der Waals surface area contributed by atoms with Gasteiger partial charge in [0.1, 0.15) is 18.5 Å². The summed E-state index contributed by atoms with van der Waals surface area (Å²) < 4.78 is 25.0. The van der Waals surface area contributed by atoms with Crippen LogP contribution >= 0.6 is 12.2 Å². The molecule has 1 aromatic rings. The second kappa shape index (κ2) is 9.90. The van der Waals surface area contributed by atoms with Crippen molar-refractivity contribution in [3.8, 4) is 0 Å². The number of cyclic esters (lactones) is 1. The molecule has 1 unspecified atom stereocenters. The van der Waals surface area contributed by atoms with Crippen molar-refractivity contribution in [3.05, 3.63) is 24.0 Å². The molecule has 9 nitrogen and oxygen atoms in total. The summed E-state index contributed by atoms with van der Waals surface area (Å²) in [5.41, 5.74) is 0.886. The minimum Gasteiger partial charge on any atom is -0.442 e. The number of nitrogens with zero attached hydrogens (tertiary/aromatic N) is 3. The van der Waals surface area contributed by atoms with Crippen LogP contribution < -0.4 is 20.4 Å². The molecule has 0 aliphatic carbocycles. The van der Waals surface area contributed by atoms with Gasteiger partial charge in [-0.1, -0.05) is 0 Å². The van der Waals surface area contributed by atoms with E-state index in [-0.39, 0.29) is 18.6 Å². The van der Waals surface area contributed by atoms with Crippen molar-refractivity contribution < 1.29 is 23.5 Å². The zero-order chi connectivity index (χ0) is 21.7. The van der Waals surface area contributed by atoms with Crippen LogP contribution in [0.2, 0.25) is 0 Å². The molecule has 2 saturated heterocycles. The summed E-state index contributed by atoms with van der Waals surface area (Å²) in [6.45, 7) is 2.78. The molecule has 0 aromatic heterocycles. The number of benzene rings is 1. The van der Waals surface area contributed by atoms with Crippen LogP contribution in [0.5, 0.6) is 0 Å². The second-order valence-electron chi connectivity index (χ2n) is 7.01. The summed E-state index contributed by atoms with van der Waals surface area (Å²) in [7, 11) is 3.18. The summed E-state index contributed by atoms with van der Waals surface area (Å²) in [6, 6.07) is 4.70. The third-order valence-electron chi connectivity index (χ3n) is 5.08. The third-order valence-corrected chi connectivity index (χ3v) is 5.42. The first-order valence-electron chi connectivity index (χ1n) is 9.68. The van der Waals surface area contributed by atoms with Crippen molar-refractivity contribution in [3.63, 3.8) is 0 Å². The average molecular weight is 440 g/mol. The maximum atomic E-state index is 14.8. The number of hydrogen-bond donors (Lipinski definition) is 2. The molecular weight excluding hydrogens is 413 g/mol. The lowest BCUT2D eigenvalue weighted by molar-refractivity contribution is -0.135. The van der Waals surface area contributed by atoms with Gasteiger partial charge in [-0.3, -0.25) is 9.69 Å². The highest BCUT2D eigenvalue weighted by atomic mass is 32.1. The number of piperazine rings is 1. The van der Waals surface area contributed by atoms with Gasteiger partial charge in [0.05, 0.1) is 24.5 Å². The van der Waals surface area contributed by atoms with Gasteiger partial charge in [0.15, 0.2) is 5.11 Å². The number of nitrogens with one attached hydrogen (secondary N) is 2. The van der Waals surface area contributed by atoms with Gasteiger partial charge in [-0.25, -0.2) is 9.18 Å². The van der Waals surface area contributed by atoms with E-state index in [1.807, 2.05) is 4.90 Å². The topological polar surface area (TPSA) is 86.4 Å². The molecule has 0 radical (unpaired) electrons. The van der Waals surface area contributed by atoms with Crippen LogP contribution in [-0.2, 0) is 14.3 Å². The first-order chi connectivity index (χ1) is 14.4. The second-order valence-corrected chi connectivity index (χ2v) is 7.42. The molecule has 2 aliphatic heterocycles. The lowest BCUT2D eigenvalue weighted by atomic mass is 10.2. The lowest BCUT2D eigenvalue weighted by Crippen LogP contribution is -2.50. The van der Waals surface area contributed by atoms with Gasteiger partial charge in [0.25, 0.3) is 0 Å². The molecule has 11 heteroatoms. The Kier molecular flexibility index (Phi) is 7.27. The number of rotatable bonds is 6. The Hall–Kier alpha value is -2.66. The van der Waals surface area contributed by atoms with E-state index in [9.17, 15) is 14.0 Å². The third kappa shape index (κ3) is 5.08. The van der Waals surface area contributed by atoms with E-state index in [4.69, 9.17) is 21.7 Å². The predicted octanol–water partition coefficient (Wildman–Crippen LogP) is 0.540. The summed E-state index contributed by atoms with van der Waals surface area (Å²) in [5.74, 6) is -0.491. The van der Waals surface area contributed by atoms with Gasteiger partial charge < -0.3 is 29.9 Å². The van der Waals surface area contributed by atoms with Crippen LogP contribution in [0.15, 0.2) is 18.2 Å². The summed E-state index contributed by atoms with van der Waals surface area (Å²) >= 11 is 5.01. The lowest BCUT2D eigenvalue weighted by Gasteiger charge is -2.36. The van der Waals surface area contributed by atoms with Crippen molar-refractivity contribution in [1.29, 1.82) is 0 Å². The fourth-order valence-electron chi connectivity index (χ4n) is 3.47. The number of methoxy groups -OCH3 is 1. The van der Waals surface area contributed by atoms with Crippen molar-refractivity contribution >= 4 is 40.7 Å². The van der Waals surface area contributed by atoms with Gasteiger partial charge in [-0.15, -0.1) is 0 Å². The zero-order valence-corrected chi connectivity index (χ0v) is 17.8. The van der Waals surface area contributed by atoms with E-state index in [2.05, 4.69) is 10.6 Å². The molecule has 2 fully saturated rings. The number of carbonyl (C=O) groups excluding carboxylic acids is 2. The van der Waals surface area contributed by atoms with E-state index in [0.29, 0.717) is 55.8 Å². The van der Waals surface area contributed by atoms with Gasteiger partial charge in [0.2, 0.25) is 5.91 Å². The van der Waals surface area contributed by atoms with Crippen molar-refractivity contribution in [2.45, 2.75) is 6.10 Å². The Balaban J connectivity index is 1.60. The molecule has 30 heavy (non-hydrogen) atoms. The van der Waals surface area contributed by atoms with Crippen LogP contribution in [-0.4, -0.2) is 88.1 Å². The molecule has 3 rings (SSSR count). The number of amides is 2. The Morgan fingerprint density at radius 2 is 2.07 bits per heavy atom. The van der Waals surface area contributed by atoms with Crippen LogP contribution in [0.25, 0.3) is 0 Å². The highest BCUT2D eigenvalue weighted by Crippen LogP contribution is 2.28. The standard InChI is InChI=1S/C19H26FN5O4S/c1-21-18(30)22-10-14-11-25(19(27)29-14)13-3-4-16(15(20)9-13)23-5-7-24(8-6-23)17(26)12-28-2/h3-4,9,14H,5-8,10-12H2,1-2H3,(H2,21,22,30). The highest BCUT2D eigenvalue weighted by Gasteiger charge is 2.33. The molecule has 164 valence electrons. The monoisotopic (exact) mass is 439 g/mol. The van der Waals surface area contributed by atoms with Crippen LogP contribution in [0.1, 0.15) is 0 Å². The van der Waals surface area contributed by atoms with Crippen LogP contribution in [0.4, 0.5) is 20.6 Å².